The van der Waals surface area contributed by atoms with Crippen LogP contribution >= 0.6 is 0 Å². The van der Waals surface area contributed by atoms with Gasteiger partial charge >= 0.3 is 6.18 Å². The van der Waals surface area contributed by atoms with Crippen molar-refractivity contribution in [1.82, 2.24) is 24.9 Å². The fourth-order valence-corrected chi connectivity index (χ4v) is 4.78. The lowest BCUT2D eigenvalue weighted by atomic mass is 10.0. The first-order chi connectivity index (χ1) is 18.9. The van der Waals surface area contributed by atoms with Crippen LogP contribution < -0.4 is 5.32 Å². The number of sulfone groups is 1. The van der Waals surface area contributed by atoms with E-state index in [1.807, 2.05) is 0 Å². The second-order valence-corrected chi connectivity index (χ2v) is 10.5. The standard InChI is InChI=1S/C24H15F3N8O4S/c25-24(26,27)18-3-1-2-17(31-18)20-32-21(30-14-8-11-29-19(12-14)23(13-28)9-10-23)34-22(33-20)40(38,39)16-6-4-15(5-7-16)35(36)37/h1-8,11-12H,9-10H2,(H,29,30,32,33,34). The molecule has 1 saturated carbocycles. The number of nitriles is 1. The first-order valence-electron chi connectivity index (χ1n) is 11.4. The minimum Gasteiger partial charge on any atom is -0.324 e. The molecule has 0 bridgehead atoms. The molecule has 5 rings (SSSR count). The number of rotatable bonds is 7. The highest BCUT2D eigenvalue weighted by Crippen LogP contribution is 2.47. The predicted octanol–water partition coefficient (Wildman–Crippen LogP) is 4.39. The van der Waals surface area contributed by atoms with Crippen LogP contribution in [0.4, 0.5) is 30.5 Å². The Bertz CT molecular complexity index is 1790. The monoisotopic (exact) mass is 568 g/mol. The second-order valence-electron chi connectivity index (χ2n) is 8.67. The van der Waals surface area contributed by atoms with Gasteiger partial charge in [0.15, 0.2) is 5.82 Å². The van der Waals surface area contributed by atoms with E-state index in [9.17, 15) is 37.0 Å². The van der Waals surface area contributed by atoms with E-state index in [2.05, 4.69) is 36.3 Å². The van der Waals surface area contributed by atoms with Crippen molar-refractivity contribution < 1.29 is 26.5 Å². The van der Waals surface area contributed by atoms with E-state index in [1.54, 1.807) is 6.07 Å². The summed E-state index contributed by atoms with van der Waals surface area (Å²) in [5.74, 6) is -0.822. The molecule has 0 unspecified atom stereocenters. The molecule has 1 aliphatic rings. The molecule has 0 spiro atoms. The molecule has 202 valence electrons. The van der Waals surface area contributed by atoms with Gasteiger partial charge in [0.05, 0.1) is 27.0 Å². The van der Waals surface area contributed by atoms with Crippen molar-refractivity contribution in [1.29, 1.82) is 5.26 Å². The van der Waals surface area contributed by atoms with Crippen molar-refractivity contribution in [3.8, 4) is 17.6 Å². The summed E-state index contributed by atoms with van der Waals surface area (Å²) in [4.78, 5) is 29.6. The topological polar surface area (TPSA) is 178 Å². The van der Waals surface area contributed by atoms with Crippen LogP contribution in [0.15, 0.2) is 70.8 Å². The lowest BCUT2D eigenvalue weighted by molar-refractivity contribution is -0.384. The van der Waals surface area contributed by atoms with Gasteiger partial charge in [-0.05, 0) is 49.2 Å². The summed E-state index contributed by atoms with van der Waals surface area (Å²) >= 11 is 0. The van der Waals surface area contributed by atoms with E-state index in [-0.39, 0.29) is 17.3 Å². The molecule has 4 aromatic rings. The van der Waals surface area contributed by atoms with Crippen molar-refractivity contribution in [2.75, 3.05) is 5.32 Å². The molecule has 0 aliphatic heterocycles. The number of halogens is 3. The van der Waals surface area contributed by atoms with Gasteiger partial charge in [-0.25, -0.2) is 13.4 Å². The summed E-state index contributed by atoms with van der Waals surface area (Å²) < 4.78 is 66.6. The Kier molecular flexibility index (Phi) is 6.38. The van der Waals surface area contributed by atoms with Crippen LogP contribution in [0, 0.1) is 21.4 Å². The van der Waals surface area contributed by atoms with Gasteiger partial charge in [-0.2, -0.15) is 33.4 Å². The van der Waals surface area contributed by atoms with Gasteiger partial charge in [-0.3, -0.25) is 15.1 Å². The van der Waals surface area contributed by atoms with Crippen molar-refractivity contribution in [2.45, 2.75) is 34.5 Å². The number of non-ortho nitro benzene ring substituents is 1. The second kappa shape index (κ2) is 9.61. The summed E-state index contributed by atoms with van der Waals surface area (Å²) in [5, 5.41) is 22.4. The van der Waals surface area contributed by atoms with Crippen molar-refractivity contribution in [2.24, 2.45) is 0 Å². The summed E-state index contributed by atoms with van der Waals surface area (Å²) in [6.45, 7) is 0. The van der Waals surface area contributed by atoms with E-state index in [0.29, 0.717) is 24.2 Å². The van der Waals surface area contributed by atoms with Gasteiger partial charge < -0.3 is 5.32 Å². The van der Waals surface area contributed by atoms with Crippen LogP contribution in [-0.4, -0.2) is 38.3 Å². The van der Waals surface area contributed by atoms with Crippen molar-refractivity contribution in [3.63, 3.8) is 0 Å². The molecule has 1 N–H and O–H groups in total. The number of nitrogens with one attached hydrogen (secondary N) is 1. The summed E-state index contributed by atoms with van der Waals surface area (Å²) in [5.41, 5.74) is -1.90. The molecule has 0 saturated heterocycles. The number of nitro benzene ring substituents is 1. The Morgan fingerprint density at radius 1 is 1.02 bits per heavy atom. The molecule has 0 atom stereocenters. The zero-order chi connectivity index (χ0) is 28.7. The lowest BCUT2D eigenvalue weighted by Gasteiger charge is -2.12. The average molecular weight is 568 g/mol. The molecule has 3 aromatic heterocycles. The normalized spacial score (nSPS) is 14.2. The van der Waals surface area contributed by atoms with Gasteiger partial charge in [0.25, 0.3) is 10.8 Å². The van der Waals surface area contributed by atoms with E-state index in [0.717, 1.165) is 36.4 Å². The average Bonchev–Trinajstić information content (AvgIpc) is 3.74. The number of nitro groups is 1. The Morgan fingerprint density at radius 3 is 2.38 bits per heavy atom. The Morgan fingerprint density at radius 2 is 1.75 bits per heavy atom. The van der Waals surface area contributed by atoms with Crippen LogP contribution in [0.2, 0.25) is 0 Å². The largest absolute Gasteiger partial charge is 0.433 e. The molecule has 3 heterocycles. The molecule has 1 fully saturated rings. The van der Waals surface area contributed by atoms with Gasteiger partial charge in [0.2, 0.25) is 15.8 Å². The third-order valence-electron chi connectivity index (χ3n) is 5.95. The van der Waals surface area contributed by atoms with Crippen LogP contribution in [0.5, 0.6) is 0 Å². The maximum absolute atomic E-state index is 13.4. The summed E-state index contributed by atoms with van der Waals surface area (Å²) in [6.07, 6.45) is -2.12. The first kappa shape index (κ1) is 26.6. The molecule has 0 radical (unpaired) electrons. The van der Waals surface area contributed by atoms with E-state index >= 15 is 0 Å². The number of alkyl halides is 3. The Hall–Kier alpha value is -5.04. The molecular weight excluding hydrogens is 553 g/mol. The zero-order valence-corrected chi connectivity index (χ0v) is 20.8. The van der Waals surface area contributed by atoms with E-state index in [4.69, 9.17) is 0 Å². The molecule has 1 aliphatic carbocycles. The van der Waals surface area contributed by atoms with Crippen molar-refractivity contribution in [3.05, 3.63) is 82.3 Å². The fourth-order valence-electron chi connectivity index (χ4n) is 3.67. The number of anilines is 2. The minimum absolute atomic E-state index is 0.333. The van der Waals surface area contributed by atoms with Gasteiger partial charge in [0.1, 0.15) is 11.4 Å². The highest BCUT2D eigenvalue weighted by atomic mass is 32.2. The highest BCUT2D eigenvalue weighted by Gasteiger charge is 2.46. The van der Waals surface area contributed by atoms with Gasteiger partial charge in [-0.1, -0.05) is 6.07 Å². The zero-order valence-electron chi connectivity index (χ0n) is 20.0. The van der Waals surface area contributed by atoms with Crippen LogP contribution in [-0.2, 0) is 21.4 Å². The van der Waals surface area contributed by atoms with Crippen molar-refractivity contribution >= 4 is 27.2 Å². The van der Waals surface area contributed by atoms with E-state index < -0.39 is 47.9 Å². The van der Waals surface area contributed by atoms with Crippen LogP contribution in [0.1, 0.15) is 24.2 Å². The number of aromatic nitrogens is 5. The smallest absolute Gasteiger partial charge is 0.324 e. The fraction of sp³-hybridized carbons (Fsp3) is 0.167. The quantitative estimate of drug-likeness (QED) is 0.247. The van der Waals surface area contributed by atoms with Crippen LogP contribution in [0.25, 0.3) is 11.5 Å². The molecule has 12 nitrogen and oxygen atoms in total. The first-order valence-corrected chi connectivity index (χ1v) is 12.8. The molecule has 16 heteroatoms. The van der Waals surface area contributed by atoms with Gasteiger partial charge in [0, 0.05) is 24.0 Å². The SMILES string of the molecule is N#CC1(c2cc(Nc3nc(-c4cccc(C(F)(F)F)n4)nc(S(=O)(=O)c4ccc([N+](=O)[O-])cc4)n3)ccn2)CC1. The summed E-state index contributed by atoms with van der Waals surface area (Å²) in [7, 11) is -4.52. The van der Waals surface area contributed by atoms with Gasteiger partial charge in [-0.15, -0.1) is 0 Å². The van der Waals surface area contributed by atoms with Crippen LogP contribution in [0.3, 0.4) is 0 Å². The number of pyridine rings is 2. The maximum atomic E-state index is 13.4. The molecule has 0 amide bonds. The third-order valence-corrected chi connectivity index (χ3v) is 7.51. The minimum atomic E-state index is -4.79. The number of benzene rings is 1. The number of hydrogen-bond acceptors (Lipinski definition) is 11. The molecule has 1 aromatic carbocycles. The Balaban J connectivity index is 1.61. The van der Waals surface area contributed by atoms with E-state index in [1.165, 1.54) is 18.3 Å². The Labute approximate surface area is 223 Å². The lowest BCUT2D eigenvalue weighted by Crippen LogP contribution is -2.13. The molecule has 40 heavy (non-hydrogen) atoms. The number of hydrogen-bond donors (Lipinski definition) is 1. The summed E-state index contributed by atoms with van der Waals surface area (Å²) in [6, 6.07) is 12.2. The number of nitrogens with zero attached hydrogens (tertiary/aromatic N) is 7. The highest BCUT2D eigenvalue weighted by molar-refractivity contribution is 7.91. The third kappa shape index (κ3) is 5.14. The maximum Gasteiger partial charge on any atom is 0.433 e. The predicted molar refractivity (Wildman–Crippen MR) is 131 cm³/mol. The molecular formula is C24H15F3N8O4S.